The summed E-state index contributed by atoms with van der Waals surface area (Å²) in [6, 6.07) is 5.71. The van der Waals surface area contributed by atoms with Gasteiger partial charge in [-0.15, -0.1) is 0 Å². The number of nitrogens with two attached hydrogens (primary N) is 1. The van der Waals surface area contributed by atoms with Crippen LogP contribution in [-0.4, -0.2) is 6.10 Å². The third kappa shape index (κ3) is 3.63. The van der Waals surface area contributed by atoms with Crippen molar-refractivity contribution in [2.24, 2.45) is 5.41 Å². The summed E-state index contributed by atoms with van der Waals surface area (Å²) in [7, 11) is 0. The number of rotatable bonds is 3. The molecule has 1 aliphatic carbocycles. The summed E-state index contributed by atoms with van der Waals surface area (Å²) in [6.07, 6.45) is 5.22. The fourth-order valence-electron chi connectivity index (χ4n) is 2.44. The first-order valence-corrected chi connectivity index (χ1v) is 7.00. The largest absolute Gasteiger partial charge is 0.398 e. The SMILES string of the molecule is CC1(C)CCC(OCc2ccc(Cl)c(N)c2)CC1. The van der Waals surface area contributed by atoms with Gasteiger partial charge in [0.1, 0.15) is 0 Å². The van der Waals surface area contributed by atoms with Crippen molar-refractivity contribution >= 4 is 17.3 Å². The molecular formula is C15H22ClNO. The van der Waals surface area contributed by atoms with Crippen LogP contribution in [0, 0.1) is 5.41 Å². The third-order valence-corrected chi connectivity index (χ3v) is 4.18. The van der Waals surface area contributed by atoms with Crippen LogP contribution in [0.5, 0.6) is 0 Å². The summed E-state index contributed by atoms with van der Waals surface area (Å²) in [6.45, 7) is 5.30. The standard InChI is InChI=1S/C15H22ClNO/c1-15(2)7-5-12(6-8-15)18-10-11-3-4-13(16)14(17)9-11/h3-4,9,12H,5-8,10,17H2,1-2H3. The minimum absolute atomic E-state index is 0.398. The maximum atomic E-state index is 5.96. The molecule has 3 heteroatoms. The lowest BCUT2D eigenvalue weighted by Gasteiger charge is -2.34. The molecule has 0 saturated heterocycles. The molecule has 18 heavy (non-hydrogen) atoms. The van der Waals surface area contributed by atoms with Crippen LogP contribution >= 0.6 is 11.6 Å². The molecule has 1 saturated carbocycles. The molecule has 100 valence electrons. The highest BCUT2D eigenvalue weighted by Crippen LogP contribution is 2.36. The first-order chi connectivity index (χ1) is 8.46. The van der Waals surface area contributed by atoms with Crippen LogP contribution in [0.1, 0.15) is 45.1 Å². The molecule has 2 nitrogen and oxygen atoms in total. The average Bonchev–Trinajstić information content (AvgIpc) is 2.32. The van der Waals surface area contributed by atoms with Crippen molar-refractivity contribution in [2.45, 2.75) is 52.2 Å². The van der Waals surface area contributed by atoms with Crippen molar-refractivity contribution in [1.82, 2.24) is 0 Å². The van der Waals surface area contributed by atoms with Crippen molar-refractivity contribution in [1.29, 1.82) is 0 Å². The Balaban J connectivity index is 1.83. The Hall–Kier alpha value is -0.730. The first-order valence-electron chi connectivity index (χ1n) is 6.62. The number of halogens is 1. The predicted molar refractivity (Wildman–Crippen MR) is 76.7 cm³/mol. The summed E-state index contributed by atoms with van der Waals surface area (Å²) in [5.74, 6) is 0. The molecule has 1 aromatic carbocycles. The van der Waals surface area contributed by atoms with E-state index in [2.05, 4.69) is 13.8 Å². The Morgan fingerprint density at radius 1 is 1.33 bits per heavy atom. The van der Waals surface area contributed by atoms with E-state index in [9.17, 15) is 0 Å². The van der Waals surface area contributed by atoms with Crippen molar-refractivity contribution in [2.75, 3.05) is 5.73 Å². The predicted octanol–water partition coefficient (Wildman–Crippen LogP) is 4.41. The second kappa shape index (κ2) is 5.50. The van der Waals surface area contributed by atoms with Gasteiger partial charge in [-0.1, -0.05) is 31.5 Å². The van der Waals surface area contributed by atoms with Gasteiger partial charge in [0.15, 0.2) is 0 Å². The summed E-state index contributed by atoms with van der Waals surface area (Å²) in [5.41, 5.74) is 7.99. The maximum absolute atomic E-state index is 5.96. The minimum Gasteiger partial charge on any atom is -0.398 e. The maximum Gasteiger partial charge on any atom is 0.0721 e. The molecule has 0 aliphatic heterocycles. The second-order valence-electron chi connectivity index (χ2n) is 6.03. The van der Waals surface area contributed by atoms with E-state index in [1.54, 1.807) is 0 Å². The molecule has 0 aromatic heterocycles. The van der Waals surface area contributed by atoms with Crippen molar-refractivity contribution < 1.29 is 4.74 Å². The van der Waals surface area contributed by atoms with Gasteiger partial charge in [0.25, 0.3) is 0 Å². The van der Waals surface area contributed by atoms with Gasteiger partial charge in [-0.05, 0) is 48.8 Å². The van der Waals surface area contributed by atoms with Gasteiger partial charge in [-0.3, -0.25) is 0 Å². The molecule has 1 aliphatic rings. The van der Waals surface area contributed by atoms with Crippen LogP contribution in [-0.2, 0) is 11.3 Å². The summed E-state index contributed by atoms with van der Waals surface area (Å²) in [4.78, 5) is 0. The summed E-state index contributed by atoms with van der Waals surface area (Å²) in [5, 5.41) is 0.609. The number of benzene rings is 1. The minimum atomic E-state index is 0.398. The lowest BCUT2D eigenvalue weighted by molar-refractivity contribution is -0.00556. The van der Waals surface area contributed by atoms with E-state index in [1.807, 2.05) is 18.2 Å². The van der Waals surface area contributed by atoms with E-state index in [0.717, 1.165) is 18.4 Å². The Labute approximate surface area is 114 Å². The molecule has 0 unspecified atom stereocenters. The molecule has 1 aromatic rings. The topological polar surface area (TPSA) is 35.2 Å². The molecular weight excluding hydrogens is 246 g/mol. The molecule has 0 amide bonds. The highest BCUT2D eigenvalue weighted by molar-refractivity contribution is 6.33. The zero-order chi connectivity index (χ0) is 13.2. The first kappa shape index (κ1) is 13.7. The highest BCUT2D eigenvalue weighted by atomic mass is 35.5. The van der Waals surface area contributed by atoms with Crippen LogP contribution in [0.25, 0.3) is 0 Å². The molecule has 0 radical (unpaired) electrons. The lowest BCUT2D eigenvalue weighted by Crippen LogP contribution is -2.26. The van der Waals surface area contributed by atoms with Crippen LogP contribution < -0.4 is 5.73 Å². The highest BCUT2D eigenvalue weighted by Gasteiger charge is 2.27. The van der Waals surface area contributed by atoms with Gasteiger partial charge in [-0.25, -0.2) is 0 Å². The zero-order valence-electron chi connectivity index (χ0n) is 11.2. The van der Waals surface area contributed by atoms with Crippen LogP contribution in [0.4, 0.5) is 5.69 Å². The van der Waals surface area contributed by atoms with Crippen LogP contribution in [0.2, 0.25) is 5.02 Å². The fourth-order valence-corrected chi connectivity index (χ4v) is 2.55. The van der Waals surface area contributed by atoms with E-state index in [0.29, 0.717) is 28.8 Å². The second-order valence-corrected chi connectivity index (χ2v) is 6.44. The van der Waals surface area contributed by atoms with Crippen LogP contribution in [0.3, 0.4) is 0 Å². The smallest absolute Gasteiger partial charge is 0.0721 e. The van der Waals surface area contributed by atoms with Gasteiger partial charge >= 0.3 is 0 Å². The third-order valence-electron chi connectivity index (χ3n) is 3.83. The average molecular weight is 268 g/mol. The molecule has 1 fully saturated rings. The Kier molecular flexibility index (Phi) is 4.18. The summed E-state index contributed by atoms with van der Waals surface area (Å²) >= 11 is 5.90. The molecule has 0 heterocycles. The van der Waals surface area contributed by atoms with E-state index in [4.69, 9.17) is 22.1 Å². The van der Waals surface area contributed by atoms with E-state index < -0.39 is 0 Å². The van der Waals surface area contributed by atoms with Crippen LogP contribution in [0.15, 0.2) is 18.2 Å². The van der Waals surface area contributed by atoms with Crippen molar-refractivity contribution in [3.05, 3.63) is 28.8 Å². The number of nitrogen functional groups attached to an aromatic ring is 1. The van der Waals surface area contributed by atoms with Crippen molar-refractivity contribution in [3.8, 4) is 0 Å². The Morgan fingerprint density at radius 2 is 2.00 bits per heavy atom. The molecule has 2 N–H and O–H groups in total. The number of hydrogen-bond donors (Lipinski definition) is 1. The van der Waals surface area contributed by atoms with Gasteiger partial charge in [-0.2, -0.15) is 0 Å². The summed E-state index contributed by atoms with van der Waals surface area (Å²) < 4.78 is 5.96. The van der Waals surface area contributed by atoms with Gasteiger partial charge in [0, 0.05) is 0 Å². The number of ether oxygens (including phenoxy) is 1. The normalized spacial score (nSPS) is 19.9. The lowest BCUT2D eigenvalue weighted by atomic mass is 9.76. The quantitative estimate of drug-likeness (QED) is 0.824. The zero-order valence-corrected chi connectivity index (χ0v) is 12.0. The van der Waals surface area contributed by atoms with E-state index in [1.165, 1.54) is 12.8 Å². The van der Waals surface area contributed by atoms with Gasteiger partial charge < -0.3 is 10.5 Å². The monoisotopic (exact) mass is 267 g/mol. The number of hydrogen-bond acceptors (Lipinski definition) is 2. The van der Waals surface area contributed by atoms with E-state index >= 15 is 0 Å². The van der Waals surface area contributed by atoms with Gasteiger partial charge in [0.05, 0.1) is 23.4 Å². The van der Waals surface area contributed by atoms with Gasteiger partial charge in [0.2, 0.25) is 0 Å². The Bertz CT molecular complexity index is 407. The molecule has 0 atom stereocenters. The van der Waals surface area contributed by atoms with Crippen molar-refractivity contribution in [3.63, 3.8) is 0 Å². The Morgan fingerprint density at radius 3 is 2.61 bits per heavy atom. The molecule has 0 spiro atoms. The van der Waals surface area contributed by atoms with E-state index in [-0.39, 0.29) is 0 Å². The molecule has 2 rings (SSSR count). The number of anilines is 1. The fraction of sp³-hybridized carbons (Fsp3) is 0.600. The molecule has 0 bridgehead atoms.